The molecule has 1 aliphatic rings. The van der Waals surface area contributed by atoms with Crippen LogP contribution in [-0.2, 0) is 15.3 Å². The van der Waals surface area contributed by atoms with Crippen LogP contribution in [0.3, 0.4) is 0 Å². The molecule has 1 aliphatic heterocycles. The Hall–Kier alpha value is -3.22. The van der Waals surface area contributed by atoms with Gasteiger partial charge in [-0.05, 0) is 18.6 Å². The summed E-state index contributed by atoms with van der Waals surface area (Å²) in [6.45, 7) is 1.40. The second-order valence-electron chi connectivity index (χ2n) is 6.34. The summed E-state index contributed by atoms with van der Waals surface area (Å²) in [5.41, 5.74) is -1.78. The topological polar surface area (TPSA) is 54.1 Å². The largest absolute Gasteiger partial charge is 0.453 e. The van der Waals surface area contributed by atoms with Gasteiger partial charge in [0.05, 0.1) is 11.3 Å². The molecular weight excluding hydrogens is 357 g/mol. The number of nitrogens with one attached hydrogen (secondary N) is 2. The quantitative estimate of drug-likeness (QED) is 0.647. The van der Waals surface area contributed by atoms with Crippen molar-refractivity contribution >= 4 is 16.9 Å². The predicted octanol–water partition coefficient (Wildman–Crippen LogP) is 4.60. The second-order valence-corrected chi connectivity index (χ2v) is 6.34. The molecule has 0 radical (unpaired) electrons. The predicted molar refractivity (Wildman–Crippen MR) is 94.5 cm³/mol. The molecule has 7 heteroatoms. The number of alkyl halides is 3. The highest BCUT2D eigenvalue weighted by Crippen LogP contribution is 2.48. The number of aromatic amines is 1. The molecule has 2 aromatic carbocycles. The smallest absolute Gasteiger partial charge is 0.421 e. The van der Waals surface area contributed by atoms with Crippen molar-refractivity contribution in [3.63, 3.8) is 0 Å². The number of halogens is 3. The molecule has 0 spiro atoms. The molecule has 4 rings (SSSR count). The third-order valence-corrected chi connectivity index (χ3v) is 4.48. The highest BCUT2D eigenvalue weighted by molar-refractivity contribution is 5.93. The number of cyclic esters (lactones) is 1. The molecule has 0 fully saturated rings. The van der Waals surface area contributed by atoms with Crippen LogP contribution in [0, 0.1) is 0 Å². The molecule has 1 atom stereocenters. The molecule has 1 unspecified atom stereocenters. The van der Waals surface area contributed by atoms with Crippen LogP contribution in [0.4, 0.5) is 13.2 Å². The average molecular weight is 372 g/mol. The van der Waals surface area contributed by atoms with E-state index in [2.05, 4.69) is 10.3 Å². The van der Waals surface area contributed by atoms with E-state index in [1.807, 2.05) is 0 Å². The fraction of sp³-hybridized carbons (Fsp3) is 0.150. The number of ether oxygens (including phenoxy) is 1. The number of H-pyrrole nitrogens is 1. The van der Waals surface area contributed by atoms with Gasteiger partial charge in [0.2, 0.25) is 0 Å². The summed E-state index contributed by atoms with van der Waals surface area (Å²) in [5, 5.41) is 2.70. The Balaban J connectivity index is 2.10. The first-order valence-corrected chi connectivity index (χ1v) is 8.24. The first-order valence-electron chi connectivity index (χ1n) is 8.24. The monoisotopic (exact) mass is 372 g/mol. The summed E-state index contributed by atoms with van der Waals surface area (Å²) in [4.78, 5) is 15.0. The van der Waals surface area contributed by atoms with Gasteiger partial charge < -0.3 is 15.0 Å². The maximum atomic E-state index is 14.3. The number of allylic oxidation sites excluding steroid dienone is 1. The van der Waals surface area contributed by atoms with Crippen LogP contribution < -0.4 is 5.32 Å². The number of esters is 1. The van der Waals surface area contributed by atoms with E-state index >= 15 is 0 Å². The van der Waals surface area contributed by atoms with E-state index in [0.29, 0.717) is 16.5 Å². The Morgan fingerprint density at radius 2 is 1.67 bits per heavy atom. The van der Waals surface area contributed by atoms with Gasteiger partial charge in [-0.2, -0.15) is 13.2 Å². The van der Waals surface area contributed by atoms with Crippen LogP contribution in [0.2, 0.25) is 0 Å². The number of rotatable bonds is 2. The van der Waals surface area contributed by atoms with Crippen molar-refractivity contribution in [1.29, 1.82) is 0 Å². The molecule has 0 amide bonds. The SMILES string of the molecule is CC1=CC(=O)OC(c2c(-c3ccccc3)[nH]c3ccccc23)(C(F)(F)F)N1. The van der Waals surface area contributed by atoms with Gasteiger partial charge in [-0.15, -0.1) is 0 Å². The van der Waals surface area contributed by atoms with Crippen LogP contribution >= 0.6 is 0 Å². The minimum atomic E-state index is -4.90. The summed E-state index contributed by atoms with van der Waals surface area (Å²) >= 11 is 0. The van der Waals surface area contributed by atoms with Crippen molar-refractivity contribution in [2.45, 2.75) is 18.8 Å². The Morgan fingerprint density at radius 3 is 2.33 bits per heavy atom. The standard InChI is InChI=1S/C20H15F3N2O2/c1-12-11-16(26)27-19(25-12,20(21,22)23)17-14-9-5-6-10-15(14)24-18(17)13-7-3-2-4-8-13/h2-11,24-25H,1H3. The molecular formula is C20H15F3N2O2. The summed E-state index contributed by atoms with van der Waals surface area (Å²) in [5.74, 6) is -1.05. The van der Waals surface area contributed by atoms with Crippen LogP contribution in [-0.4, -0.2) is 17.1 Å². The van der Waals surface area contributed by atoms with Crippen molar-refractivity contribution in [1.82, 2.24) is 10.3 Å². The Morgan fingerprint density at radius 1 is 1.00 bits per heavy atom. The number of carbonyl (C=O) groups excluding carboxylic acids is 1. The van der Waals surface area contributed by atoms with Gasteiger partial charge in [0.25, 0.3) is 0 Å². The molecule has 27 heavy (non-hydrogen) atoms. The van der Waals surface area contributed by atoms with Crippen LogP contribution in [0.15, 0.2) is 66.4 Å². The lowest BCUT2D eigenvalue weighted by molar-refractivity contribution is -0.285. The van der Waals surface area contributed by atoms with E-state index in [0.717, 1.165) is 6.08 Å². The Kier molecular flexibility index (Phi) is 3.76. The fourth-order valence-corrected chi connectivity index (χ4v) is 3.41. The van der Waals surface area contributed by atoms with Gasteiger partial charge in [0, 0.05) is 22.7 Å². The molecule has 0 bridgehead atoms. The van der Waals surface area contributed by atoms with Crippen molar-refractivity contribution in [3.8, 4) is 11.3 Å². The Bertz CT molecular complexity index is 1050. The zero-order valence-corrected chi connectivity index (χ0v) is 14.2. The molecule has 0 aliphatic carbocycles. The minimum Gasteiger partial charge on any atom is -0.421 e. The summed E-state index contributed by atoms with van der Waals surface area (Å²) in [7, 11) is 0. The molecule has 0 saturated heterocycles. The van der Waals surface area contributed by atoms with Crippen molar-refractivity contribution in [3.05, 3.63) is 71.9 Å². The van der Waals surface area contributed by atoms with E-state index in [1.165, 1.54) is 6.92 Å². The lowest BCUT2D eigenvalue weighted by Gasteiger charge is -2.39. The number of benzene rings is 2. The van der Waals surface area contributed by atoms with E-state index in [4.69, 9.17) is 4.74 Å². The van der Waals surface area contributed by atoms with Gasteiger partial charge in [-0.25, -0.2) is 4.79 Å². The zero-order chi connectivity index (χ0) is 19.2. The second kappa shape index (κ2) is 5.90. The van der Waals surface area contributed by atoms with Gasteiger partial charge in [-0.3, -0.25) is 0 Å². The van der Waals surface area contributed by atoms with Gasteiger partial charge in [0.15, 0.2) is 0 Å². The number of hydrogen-bond donors (Lipinski definition) is 2. The molecule has 1 aromatic heterocycles. The Labute approximate surface area is 152 Å². The summed E-state index contributed by atoms with van der Waals surface area (Å²) < 4.78 is 48.0. The first kappa shape index (κ1) is 17.2. The van der Waals surface area contributed by atoms with E-state index in [1.54, 1.807) is 54.6 Å². The number of fused-ring (bicyclic) bond motifs is 1. The maximum absolute atomic E-state index is 14.3. The van der Waals surface area contributed by atoms with E-state index in [-0.39, 0.29) is 17.0 Å². The summed E-state index contributed by atoms with van der Waals surface area (Å²) in [6.07, 6.45) is -3.90. The number of aromatic nitrogens is 1. The van der Waals surface area contributed by atoms with Crippen molar-refractivity contribution in [2.75, 3.05) is 0 Å². The number of para-hydroxylation sites is 1. The minimum absolute atomic E-state index is 0.0767. The van der Waals surface area contributed by atoms with E-state index in [9.17, 15) is 18.0 Å². The molecule has 2 heterocycles. The normalized spacial score (nSPS) is 20.1. The van der Waals surface area contributed by atoms with Gasteiger partial charge >= 0.3 is 17.9 Å². The summed E-state index contributed by atoms with van der Waals surface area (Å²) in [6, 6.07) is 15.3. The van der Waals surface area contributed by atoms with Crippen molar-refractivity contribution < 1.29 is 22.7 Å². The molecule has 138 valence electrons. The lowest BCUT2D eigenvalue weighted by atomic mass is 9.93. The molecule has 4 nitrogen and oxygen atoms in total. The molecule has 0 saturated carbocycles. The first-order chi connectivity index (χ1) is 12.8. The van der Waals surface area contributed by atoms with Crippen molar-refractivity contribution in [2.24, 2.45) is 0 Å². The molecule has 3 aromatic rings. The number of carbonyl (C=O) groups is 1. The zero-order valence-electron chi connectivity index (χ0n) is 14.2. The average Bonchev–Trinajstić information content (AvgIpc) is 3.00. The van der Waals surface area contributed by atoms with Gasteiger partial charge in [-0.1, -0.05) is 48.5 Å². The maximum Gasteiger partial charge on any atom is 0.453 e. The van der Waals surface area contributed by atoms with Crippen LogP contribution in [0.25, 0.3) is 22.2 Å². The van der Waals surface area contributed by atoms with Crippen LogP contribution in [0.5, 0.6) is 0 Å². The third-order valence-electron chi connectivity index (χ3n) is 4.48. The van der Waals surface area contributed by atoms with E-state index < -0.39 is 17.9 Å². The highest BCUT2D eigenvalue weighted by atomic mass is 19.4. The third kappa shape index (κ3) is 2.66. The number of hydrogen-bond acceptors (Lipinski definition) is 3. The lowest BCUT2D eigenvalue weighted by Crippen LogP contribution is -2.58. The highest BCUT2D eigenvalue weighted by Gasteiger charge is 2.63. The van der Waals surface area contributed by atoms with Gasteiger partial charge in [0.1, 0.15) is 0 Å². The van der Waals surface area contributed by atoms with Crippen LogP contribution in [0.1, 0.15) is 12.5 Å². The fourth-order valence-electron chi connectivity index (χ4n) is 3.41. The molecule has 2 N–H and O–H groups in total.